The van der Waals surface area contributed by atoms with Gasteiger partial charge < -0.3 is 10.2 Å². The number of anilines is 1. The van der Waals surface area contributed by atoms with E-state index in [0.717, 1.165) is 45.6 Å². The Morgan fingerprint density at radius 3 is 2.74 bits per heavy atom. The van der Waals surface area contributed by atoms with Gasteiger partial charge in [0.1, 0.15) is 12.7 Å². The van der Waals surface area contributed by atoms with Crippen molar-refractivity contribution in [1.82, 2.24) is 30.0 Å². The van der Waals surface area contributed by atoms with Gasteiger partial charge in [-0.2, -0.15) is 5.10 Å². The van der Waals surface area contributed by atoms with E-state index in [2.05, 4.69) is 61.4 Å². The lowest BCUT2D eigenvalue weighted by atomic mass is 10.2. The highest BCUT2D eigenvalue weighted by Crippen LogP contribution is 2.18. The zero-order valence-electron chi connectivity index (χ0n) is 17.9. The second-order valence-electron chi connectivity index (χ2n) is 7.87. The van der Waals surface area contributed by atoms with E-state index in [9.17, 15) is 4.79 Å². The lowest BCUT2D eigenvalue weighted by Crippen LogP contribution is -2.46. The summed E-state index contributed by atoms with van der Waals surface area (Å²) in [6.07, 6.45) is 6.65. The molecule has 0 aliphatic carbocycles. The third-order valence-electron chi connectivity index (χ3n) is 5.59. The van der Waals surface area contributed by atoms with E-state index in [1.807, 2.05) is 0 Å². The zero-order chi connectivity index (χ0) is 21.5. The smallest absolute Gasteiger partial charge is 0.251 e. The van der Waals surface area contributed by atoms with Gasteiger partial charge in [0.15, 0.2) is 5.82 Å². The number of amides is 1. The van der Waals surface area contributed by atoms with E-state index in [4.69, 9.17) is 0 Å². The first-order valence-electron chi connectivity index (χ1n) is 10.8. The molecule has 0 bridgehead atoms. The fourth-order valence-corrected chi connectivity index (χ4v) is 3.83. The van der Waals surface area contributed by atoms with Crippen LogP contribution in [0.1, 0.15) is 28.8 Å². The van der Waals surface area contributed by atoms with Crippen molar-refractivity contribution in [3.8, 4) is 5.82 Å². The van der Waals surface area contributed by atoms with Crippen molar-refractivity contribution in [2.75, 3.05) is 44.2 Å². The van der Waals surface area contributed by atoms with Crippen molar-refractivity contribution in [1.29, 1.82) is 0 Å². The van der Waals surface area contributed by atoms with Crippen molar-refractivity contribution in [3.05, 3.63) is 66.4 Å². The Labute approximate surface area is 182 Å². The standard InChI is InChI=1S/C23H29N7O/c1-19-5-4-6-21(15-19)29-13-11-28(12-14-29)10-3-2-8-26-23(31)20-7-9-25-22(16-20)30-18-24-17-27-30/h4-7,9,15-18H,2-3,8,10-14H2,1H3,(H,26,31). The zero-order valence-corrected chi connectivity index (χ0v) is 17.9. The first kappa shape index (κ1) is 21.0. The van der Waals surface area contributed by atoms with Gasteiger partial charge in [-0.15, -0.1) is 0 Å². The number of rotatable bonds is 8. The van der Waals surface area contributed by atoms with Gasteiger partial charge in [-0.25, -0.2) is 14.6 Å². The summed E-state index contributed by atoms with van der Waals surface area (Å²) in [5.74, 6) is 0.491. The van der Waals surface area contributed by atoms with Crippen LogP contribution in [0.15, 0.2) is 55.2 Å². The molecule has 0 unspecified atom stereocenters. The lowest BCUT2D eigenvalue weighted by molar-refractivity contribution is 0.0952. The predicted molar refractivity (Wildman–Crippen MR) is 121 cm³/mol. The summed E-state index contributed by atoms with van der Waals surface area (Å²) < 4.78 is 1.54. The molecule has 0 radical (unpaired) electrons. The number of carbonyl (C=O) groups excluding carboxylic acids is 1. The van der Waals surface area contributed by atoms with Crippen LogP contribution in [0.4, 0.5) is 5.69 Å². The summed E-state index contributed by atoms with van der Waals surface area (Å²) in [6.45, 7) is 8.19. The number of hydrogen-bond donors (Lipinski definition) is 1. The summed E-state index contributed by atoms with van der Waals surface area (Å²) in [5.41, 5.74) is 3.21. The third-order valence-corrected chi connectivity index (χ3v) is 5.59. The molecule has 1 amide bonds. The minimum absolute atomic E-state index is 0.0875. The average Bonchev–Trinajstić information content (AvgIpc) is 3.34. The third kappa shape index (κ3) is 5.67. The molecule has 1 aromatic carbocycles. The molecule has 4 rings (SSSR count). The fourth-order valence-electron chi connectivity index (χ4n) is 3.83. The van der Waals surface area contributed by atoms with E-state index >= 15 is 0 Å². The molecule has 1 fully saturated rings. The largest absolute Gasteiger partial charge is 0.369 e. The summed E-state index contributed by atoms with van der Waals surface area (Å²) in [7, 11) is 0. The summed E-state index contributed by atoms with van der Waals surface area (Å²) in [5, 5.41) is 7.05. The molecule has 8 nitrogen and oxygen atoms in total. The second-order valence-corrected chi connectivity index (χ2v) is 7.87. The Kier molecular flexibility index (Phi) is 6.89. The summed E-state index contributed by atoms with van der Waals surface area (Å²) >= 11 is 0. The van der Waals surface area contributed by atoms with Crippen molar-refractivity contribution in [3.63, 3.8) is 0 Å². The van der Waals surface area contributed by atoms with E-state index < -0.39 is 0 Å². The van der Waals surface area contributed by atoms with Crippen molar-refractivity contribution >= 4 is 11.6 Å². The highest BCUT2D eigenvalue weighted by atomic mass is 16.1. The molecule has 1 aliphatic rings. The molecule has 2 aromatic heterocycles. The quantitative estimate of drug-likeness (QED) is 0.565. The van der Waals surface area contributed by atoms with Crippen LogP contribution in [0.3, 0.4) is 0 Å². The molecule has 0 spiro atoms. The first-order valence-corrected chi connectivity index (χ1v) is 10.8. The number of hydrogen-bond acceptors (Lipinski definition) is 6. The maximum atomic E-state index is 12.4. The number of aryl methyl sites for hydroxylation is 1. The first-order chi connectivity index (χ1) is 15.2. The van der Waals surface area contributed by atoms with Crippen LogP contribution in [0.5, 0.6) is 0 Å². The van der Waals surface area contributed by atoms with Gasteiger partial charge in [-0.05, 0) is 56.1 Å². The minimum atomic E-state index is -0.0875. The minimum Gasteiger partial charge on any atom is -0.369 e. The van der Waals surface area contributed by atoms with Crippen LogP contribution in [0, 0.1) is 6.92 Å². The van der Waals surface area contributed by atoms with E-state index in [0.29, 0.717) is 17.9 Å². The van der Waals surface area contributed by atoms with Gasteiger partial charge in [0.05, 0.1) is 0 Å². The van der Waals surface area contributed by atoms with Gasteiger partial charge in [-0.1, -0.05) is 12.1 Å². The Morgan fingerprint density at radius 2 is 1.97 bits per heavy atom. The van der Waals surface area contributed by atoms with Gasteiger partial charge in [0, 0.05) is 50.2 Å². The van der Waals surface area contributed by atoms with Gasteiger partial charge >= 0.3 is 0 Å². The SMILES string of the molecule is Cc1cccc(N2CCN(CCCCNC(=O)c3ccnc(-n4cncn4)c3)CC2)c1. The maximum absolute atomic E-state index is 12.4. The van der Waals surface area contributed by atoms with Crippen LogP contribution >= 0.6 is 0 Å². The molecule has 1 aliphatic heterocycles. The van der Waals surface area contributed by atoms with Crippen molar-refractivity contribution < 1.29 is 4.79 Å². The van der Waals surface area contributed by atoms with E-state index in [1.54, 1.807) is 24.7 Å². The Morgan fingerprint density at radius 1 is 1.10 bits per heavy atom. The number of aromatic nitrogens is 4. The number of pyridine rings is 1. The second kappa shape index (κ2) is 10.2. The van der Waals surface area contributed by atoms with Crippen LogP contribution in [-0.2, 0) is 0 Å². The van der Waals surface area contributed by atoms with Crippen LogP contribution in [0.25, 0.3) is 5.82 Å². The topological polar surface area (TPSA) is 79.2 Å². The number of carbonyl (C=O) groups is 1. The van der Waals surface area contributed by atoms with Crippen LogP contribution in [-0.4, -0.2) is 69.8 Å². The number of nitrogens with one attached hydrogen (secondary N) is 1. The van der Waals surface area contributed by atoms with Gasteiger partial charge in [0.2, 0.25) is 0 Å². The molecule has 31 heavy (non-hydrogen) atoms. The molecule has 0 atom stereocenters. The highest BCUT2D eigenvalue weighted by molar-refractivity contribution is 5.94. The lowest BCUT2D eigenvalue weighted by Gasteiger charge is -2.36. The van der Waals surface area contributed by atoms with E-state index in [-0.39, 0.29) is 5.91 Å². The molecule has 0 saturated carbocycles. The predicted octanol–water partition coefficient (Wildman–Crippen LogP) is 2.30. The van der Waals surface area contributed by atoms with Crippen LogP contribution < -0.4 is 10.2 Å². The molecular formula is C23H29N7O. The Hall–Kier alpha value is -3.26. The normalized spacial score (nSPS) is 14.5. The van der Waals surface area contributed by atoms with Gasteiger partial charge in [0.25, 0.3) is 5.91 Å². The van der Waals surface area contributed by atoms with Crippen molar-refractivity contribution in [2.45, 2.75) is 19.8 Å². The van der Waals surface area contributed by atoms with E-state index in [1.165, 1.54) is 22.3 Å². The fraction of sp³-hybridized carbons (Fsp3) is 0.391. The number of nitrogens with zero attached hydrogens (tertiary/aromatic N) is 6. The molecular weight excluding hydrogens is 390 g/mol. The Balaban J connectivity index is 1.14. The van der Waals surface area contributed by atoms with Crippen LogP contribution in [0.2, 0.25) is 0 Å². The molecule has 8 heteroatoms. The Bertz CT molecular complexity index is 981. The number of benzene rings is 1. The monoisotopic (exact) mass is 419 g/mol. The molecule has 1 N–H and O–H groups in total. The average molecular weight is 420 g/mol. The summed E-state index contributed by atoms with van der Waals surface area (Å²) in [4.78, 5) is 25.5. The maximum Gasteiger partial charge on any atom is 0.251 e. The van der Waals surface area contributed by atoms with Gasteiger partial charge in [-0.3, -0.25) is 9.69 Å². The highest BCUT2D eigenvalue weighted by Gasteiger charge is 2.16. The van der Waals surface area contributed by atoms with Crippen molar-refractivity contribution in [2.24, 2.45) is 0 Å². The number of piperazine rings is 1. The molecule has 1 saturated heterocycles. The molecule has 3 heterocycles. The summed E-state index contributed by atoms with van der Waals surface area (Å²) in [6, 6.07) is 12.2. The molecule has 3 aromatic rings. The molecule has 162 valence electrons. The number of unbranched alkanes of at least 4 members (excludes halogenated alkanes) is 1.